The second-order valence-corrected chi connectivity index (χ2v) is 9.09. The zero-order chi connectivity index (χ0) is 14.6. The molecule has 5 heteroatoms. The molecule has 0 bridgehead atoms. The van der Waals surface area contributed by atoms with Crippen molar-refractivity contribution >= 4 is 8.56 Å². The standard InChI is InChI=1S/C15H24O4Si/c1-5-20(16-4,15(3)17-11-13(2)19-15)18-12-14-9-7-6-8-10-14/h6-10,13H,5,11-12H2,1-4H3. The molecule has 1 aliphatic heterocycles. The third kappa shape index (κ3) is 2.97. The molecule has 20 heavy (non-hydrogen) atoms. The molecule has 1 aliphatic rings. The summed E-state index contributed by atoms with van der Waals surface area (Å²) in [4.78, 5) is 0. The molecular weight excluding hydrogens is 272 g/mol. The Bertz CT molecular complexity index is 421. The Balaban J connectivity index is 2.13. The molecule has 1 heterocycles. The normalized spacial score (nSPS) is 29.3. The van der Waals surface area contributed by atoms with Crippen LogP contribution in [0.2, 0.25) is 6.04 Å². The van der Waals surface area contributed by atoms with Crippen molar-refractivity contribution in [2.75, 3.05) is 13.7 Å². The number of benzene rings is 1. The Hall–Kier alpha value is -0.723. The highest BCUT2D eigenvalue weighted by molar-refractivity contribution is 6.69. The highest BCUT2D eigenvalue weighted by atomic mass is 28.4. The Morgan fingerprint density at radius 1 is 1.35 bits per heavy atom. The van der Waals surface area contributed by atoms with Gasteiger partial charge in [0.25, 0.3) is 0 Å². The summed E-state index contributed by atoms with van der Waals surface area (Å²) >= 11 is 0. The van der Waals surface area contributed by atoms with Crippen LogP contribution in [0.4, 0.5) is 0 Å². The van der Waals surface area contributed by atoms with Crippen molar-refractivity contribution in [3.63, 3.8) is 0 Å². The van der Waals surface area contributed by atoms with E-state index in [1.165, 1.54) is 0 Å². The highest BCUT2D eigenvalue weighted by Crippen LogP contribution is 2.36. The van der Waals surface area contributed by atoms with Crippen LogP contribution in [-0.2, 0) is 24.9 Å². The van der Waals surface area contributed by atoms with E-state index >= 15 is 0 Å². The molecule has 3 atom stereocenters. The summed E-state index contributed by atoms with van der Waals surface area (Å²) in [6.45, 7) is 7.13. The van der Waals surface area contributed by atoms with E-state index in [0.29, 0.717) is 13.2 Å². The van der Waals surface area contributed by atoms with Gasteiger partial charge in [0.05, 0.1) is 19.3 Å². The molecule has 4 nitrogen and oxygen atoms in total. The minimum Gasteiger partial charge on any atom is -0.395 e. The van der Waals surface area contributed by atoms with Gasteiger partial charge in [0.2, 0.25) is 5.41 Å². The van der Waals surface area contributed by atoms with Crippen LogP contribution in [0.5, 0.6) is 0 Å². The SMILES string of the molecule is CC[Si](OC)(OCc1ccccc1)C1(C)OCC(C)O1. The van der Waals surface area contributed by atoms with Crippen LogP contribution in [0.1, 0.15) is 26.3 Å². The molecular formula is C15H24O4Si. The first-order chi connectivity index (χ1) is 9.55. The molecule has 1 aromatic rings. The molecule has 1 aromatic carbocycles. The fourth-order valence-corrected chi connectivity index (χ4v) is 5.61. The molecule has 2 rings (SSSR count). The largest absolute Gasteiger partial charge is 0.399 e. The smallest absolute Gasteiger partial charge is 0.395 e. The van der Waals surface area contributed by atoms with Crippen molar-refractivity contribution in [1.82, 2.24) is 0 Å². The summed E-state index contributed by atoms with van der Waals surface area (Å²) in [6, 6.07) is 10.9. The van der Waals surface area contributed by atoms with E-state index in [2.05, 4.69) is 6.92 Å². The van der Waals surface area contributed by atoms with Crippen LogP contribution >= 0.6 is 0 Å². The van der Waals surface area contributed by atoms with Gasteiger partial charge >= 0.3 is 8.56 Å². The van der Waals surface area contributed by atoms with Crippen LogP contribution in [0.3, 0.4) is 0 Å². The first-order valence-corrected chi connectivity index (χ1v) is 9.12. The van der Waals surface area contributed by atoms with Crippen LogP contribution in [0.15, 0.2) is 30.3 Å². The van der Waals surface area contributed by atoms with E-state index in [4.69, 9.17) is 18.3 Å². The maximum absolute atomic E-state index is 6.22. The third-order valence-electron chi connectivity index (χ3n) is 3.82. The molecule has 0 saturated carbocycles. The second-order valence-electron chi connectivity index (χ2n) is 5.27. The summed E-state index contributed by atoms with van der Waals surface area (Å²) in [7, 11) is -0.908. The van der Waals surface area contributed by atoms with Crippen molar-refractivity contribution < 1.29 is 18.3 Å². The van der Waals surface area contributed by atoms with Crippen LogP contribution < -0.4 is 0 Å². The van der Waals surface area contributed by atoms with Gasteiger partial charge in [-0.15, -0.1) is 0 Å². The lowest BCUT2D eigenvalue weighted by Gasteiger charge is -2.39. The Morgan fingerprint density at radius 3 is 2.55 bits per heavy atom. The topological polar surface area (TPSA) is 36.9 Å². The summed E-state index contributed by atoms with van der Waals surface area (Å²) in [5.74, 6) is 0. The average molecular weight is 296 g/mol. The van der Waals surface area contributed by atoms with Crippen LogP contribution in [0.25, 0.3) is 0 Å². The van der Waals surface area contributed by atoms with E-state index < -0.39 is 14.0 Å². The van der Waals surface area contributed by atoms with Crippen molar-refractivity contribution in [3.8, 4) is 0 Å². The maximum Gasteiger partial charge on any atom is 0.399 e. The van der Waals surface area contributed by atoms with E-state index in [9.17, 15) is 0 Å². The van der Waals surface area contributed by atoms with Gasteiger partial charge in [-0.2, -0.15) is 0 Å². The second kappa shape index (κ2) is 6.36. The van der Waals surface area contributed by atoms with Gasteiger partial charge in [0.15, 0.2) is 0 Å². The average Bonchev–Trinajstić information content (AvgIpc) is 2.82. The maximum atomic E-state index is 6.22. The lowest BCUT2D eigenvalue weighted by atomic mass is 10.2. The molecule has 0 aliphatic carbocycles. The Morgan fingerprint density at radius 2 is 2.05 bits per heavy atom. The summed E-state index contributed by atoms with van der Waals surface area (Å²) in [6.07, 6.45) is 0.0777. The predicted octanol–water partition coefficient (Wildman–Crippen LogP) is 3.00. The van der Waals surface area contributed by atoms with Gasteiger partial charge in [-0.05, 0) is 25.5 Å². The van der Waals surface area contributed by atoms with E-state index in [-0.39, 0.29) is 6.10 Å². The molecule has 0 radical (unpaired) electrons. The lowest BCUT2D eigenvalue weighted by molar-refractivity contribution is -0.123. The summed E-state index contributed by atoms with van der Waals surface area (Å²) < 4.78 is 23.9. The first-order valence-electron chi connectivity index (χ1n) is 7.10. The van der Waals surface area contributed by atoms with Crippen molar-refractivity contribution in [3.05, 3.63) is 35.9 Å². The summed E-state index contributed by atoms with van der Waals surface area (Å²) in [5.41, 5.74) is 0.384. The molecule has 1 fully saturated rings. The van der Waals surface area contributed by atoms with Gasteiger partial charge in [-0.25, -0.2) is 0 Å². The van der Waals surface area contributed by atoms with Crippen molar-refractivity contribution in [2.24, 2.45) is 0 Å². The van der Waals surface area contributed by atoms with Gasteiger partial charge in [0, 0.05) is 7.11 Å². The fourth-order valence-electron chi connectivity index (χ4n) is 2.65. The Kier molecular flexibility index (Phi) is 4.98. The van der Waals surface area contributed by atoms with E-state index in [1.54, 1.807) is 7.11 Å². The minimum absolute atomic E-state index is 0.0777. The summed E-state index contributed by atoms with van der Waals surface area (Å²) in [5, 5.41) is 0. The monoisotopic (exact) mass is 296 g/mol. The lowest BCUT2D eigenvalue weighted by Crippen LogP contribution is -2.61. The minimum atomic E-state index is -2.60. The molecule has 0 aromatic heterocycles. The van der Waals surface area contributed by atoms with E-state index in [1.807, 2.05) is 44.2 Å². The van der Waals surface area contributed by atoms with Crippen molar-refractivity contribution in [1.29, 1.82) is 0 Å². The Labute approximate surface area is 122 Å². The zero-order valence-corrected chi connectivity index (χ0v) is 13.7. The third-order valence-corrected chi connectivity index (χ3v) is 7.67. The van der Waals surface area contributed by atoms with Crippen LogP contribution in [0, 0.1) is 0 Å². The van der Waals surface area contributed by atoms with Gasteiger partial charge in [-0.3, -0.25) is 0 Å². The van der Waals surface area contributed by atoms with E-state index in [0.717, 1.165) is 11.6 Å². The highest BCUT2D eigenvalue weighted by Gasteiger charge is 2.59. The fraction of sp³-hybridized carbons (Fsp3) is 0.600. The first kappa shape index (κ1) is 15.7. The molecule has 0 spiro atoms. The van der Waals surface area contributed by atoms with Crippen LogP contribution in [-0.4, -0.2) is 33.8 Å². The quantitative estimate of drug-likeness (QED) is 0.756. The van der Waals surface area contributed by atoms with Gasteiger partial charge in [0.1, 0.15) is 0 Å². The molecule has 1 saturated heterocycles. The number of hydrogen-bond acceptors (Lipinski definition) is 4. The number of hydrogen-bond donors (Lipinski definition) is 0. The number of ether oxygens (including phenoxy) is 2. The van der Waals surface area contributed by atoms with Gasteiger partial charge < -0.3 is 18.3 Å². The number of rotatable bonds is 6. The van der Waals surface area contributed by atoms with Crippen molar-refractivity contribution in [2.45, 2.75) is 44.9 Å². The van der Waals surface area contributed by atoms with Gasteiger partial charge in [-0.1, -0.05) is 37.3 Å². The molecule has 0 N–H and O–H groups in total. The molecule has 3 unspecified atom stereocenters. The zero-order valence-electron chi connectivity index (χ0n) is 12.7. The molecule has 0 amide bonds. The molecule has 112 valence electrons. The predicted molar refractivity (Wildman–Crippen MR) is 79.4 cm³/mol.